The molecule has 1 atom stereocenters. The third-order valence-corrected chi connectivity index (χ3v) is 9.14. The summed E-state index contributed by atoms with van der Waals surface area (Å²) in [5.41, 5.74) is 5.37. The maximum absolute atomic E-state index is 13.7. The second kappa shape index (κ2) is 10.9. The van der Waals surface area contributed by atoms with Gasteiger partial charge in [0.2, 0.25) is 10.0 Å². The van der Waals surface area contributed by atoms with Crippen molar-refractivity contribution < 1.29 is 13.2 Å². The molecule has 0 aliphatic heterocycles. The van der Waals surface area contributed by atoms with Gasteiger partial charge in [0, 0.05) is 30.7 Å². The Hall–Kier alpha value is -3.81. The van der Waals surface area contributed by atoms with Crippen LogP contribution in [0.25, 0.3) is 0 Å². The van der Waals surface area contributed by atoms with E-state index < -0.39 is 10.0 Å². The Balaban J connectivity index is 1.50. The standard InChI is InChI=1S/C31H31N3O3S/c1-3-23-11-16-28(17-12-23)38(36,37)33(2)30-18-14-25-13-15-27(20-29(25)30)34(22-24-8-7-19-32-21-24)31(35)26-9-5-4-6-10-26/h4-13,15-17,19-21,30H,3,14,18,22H2,1-2H3. The molecule has 1 aromatic heterocycles. The molecule has 0 N–H and O–H groups in total. The molecule has 38 heavy (non-hydrogen) atoms. The Kier molecular flexibility index (Phi) is 7.40. The second-order valence-corrected chi connectivity index (χ2v) is 11.6. The molecule has 1 amide bonds. The first-order valence-electron chi connectivity index (χ1n) is 12.8. The summed E-state index contributed by atoms with van der Waals surface area (Å²) in [4.78, 5) is 19.9. The van der Waals surface area contributed by atoms with Crippen molar-refractivity contribution in [2.75, 3.05) is 11.9 Å². The Bertz CT molecular complexity index is 1520. The molecule has 194 valence electrons. The monoisotopic (exact) mass is 525 g/mol. The van der Waals surface area contributed by atoms with E-state index >= 15 is 0 Å². The van der Waals surface area contributed by atoms with E-state index in [9.17, 15) is 13.2 Å². The normalized spacial score (nSPS) is 14.9. The van der Waals surface area contributed by atoms with Crippen LogP contribution >= 0.6 is 0 Å². The number of pyridine rings is 1. The fourth-order valence-electron chi connectivity index (χ4n) is 5.04. The van der Waals surface area contributed by atoms with E-state index in [0.717, 1.165) is 40.8 Å². The van der Waals surface area contributed by atoms with Crippen LogP contribution in [0.2, 0.25) is 0 Å². The summed E-state index contributed by atoms with van der Waals surface area (Å²) in [5.74, 6) is -0.124. The van der Waals surface area contributed by atoms with Crippen molar-refractivity contribution in [3.05, 3.63) is 125 Å². The van der Waals surface area contributed by atoms with Crippen molar-refractivity contribution in [3.8, 4) is 0 Å². The molecule has 5 rings (SSSR count). The first kappa shape index (κ1) is 25.8. The van der Waals surface area contributed by atoms with Crippen LogP contribution in [-0.2, 0) is 29.4 Å². The van der Waals surface area contributed by atoms with Crippen molar-refractivity contribution in [2.45, 2.75) is 43.7 Å². The smallest absolute Gasteiger partial charge is 0.258 e. The quantitative estimate of drug-likeness (QED) is 0.292. The number of nitrogens with zero attached hydrogens (tertiary/aromatic N) is 3. The van der Waals surface area contributed by atoms with Crippen LogP contribution in [0, 0.1) is 0 Å². The van der Waals surface area contributed by atoms with Gasteiger partial charge in [-0.1, -0.05) is 49.4 Å². The van der Waals surface area contributed by atoms with Gasteiger partial charge in [0.15, 0.2) is 0 Å². The summed E-state index contributed by atoms with van der Waals surface area (Å²) in [6.45, 7) is 2.39. The molecule has 1 aliphatic carbocycles. The topological polar surface area (TPSA) is 70.6 Å². The van der Waals surface area contributed by atoms with Gasteiger partial charge in [-0.3, -0.25) is 9.78 Å². The summed E-state index contributed by atoms with van der Waals surface area (Å²) in [6.07, 6.45) is 5.79. The van der Waals surface area contributed by atoms with Crippen molar-refractivity contribution in [3.63, 3.8) is 0 Å². The molecule has 0 fully saturated rings. The fraction of sp³-hybridized carbons (Fsp3) is 0.226. The van der Waals surface area contributed by atoms with Gasteiger partial charge >= 0.3 is 0 Å². The molecule has 1 unspecified atom stereocenters. The van der Waals surface area contributed by atoms with Gasteiger partial charge in [-0.15, -0.1) is 0 Å². The number of rotatable bonds is 8. The lowest BCUT2D eigenvalue weighted by Gasteiger charge is -2.27. The molecular formula is C31H31N3O3S. The lowest BCUT2D eigenvalue weighted by Crippen LogP contribution is -2.32. The number of anilines is 1. The zero-order valence-electron chi connectivity index (χ0n) is 21.6. The number of sulfonamides is 1. The molecule has 7 heteroatoms. The third kappa shape index (κ3) is 5.12. The number of carbonyl (C=O) groups is 1. The maximum atomic E-state index is 13.7. The highest BCUT2D eigenvalue weighted by molar-refractivity contribution is 7.89. The minimum absolute atomic E-state index is 0.124. The predicted octanol–water partition coefficient (Wildman–Crippen LogP) is 5.80. The molecule has 0 bridgehead atoms. The lowest BCUT2D eigenvalue weighted by atomic mass is 10.1. The number of carbonyl (C=O) groups excluding carboxylic acids is 1. The summed E-state index contributed by atoms with van der Waals surface area (Å²) in [7, 11) is -2.04. The third-order valence-electron chi connectivity index (χ3n) is 7.26. The average molecular weight is 526 g/mol. The molecule has 1 aliphatic rings. The predicted molar refractivity (Wildman–Crippen MR) is 149 cm³/mol. The molecule has 1 heterocycles. The van der Waals surface area contributed by atoms with Crippen molar-refractivity contribution in [1.82, 2.24) is 9.29 Å². The number of hydrogen-bond acceptors (Lipinski definition) is 4. The van der Waals surface area contributed by atoms with E-state index in [2.05, 4.69) is 4.98 Å². The second-order valence-electron chi connectivity index (χ2n) is 9.57. The SMILES string of the molecule is CCc1ccc(S(=O)(=O)N(C)C2CCc3ccc(N(Cc4cccnc4)C(=O)c4ccccc4)cc32)cc1. The van der Waals surface area contributed by atoms with Crippen LogP contribution in [-0.4, -0.2) is 30.7 Å². The molecule has 0 saturated heterocycles. The summed E-state index contributed by atoms with van der Waals surface area (Å²) in [5, 5.41) is 0. The van der Waals surface area contributed by atoms with E-state index in [4.69, 9.17) is 0 Å². The number of hydrogen-bond donors (Lipinski definition) is 0. The molecule has 6 nitrogen and oxygen atoms in total. The van der Waals surface area contributed by atoms with E-state index in [-0.39, 0.29) is 11.9 Å². The molecule has 3 aromatic carbocycles. The minimum Gasteiger partial charge on any atom is -0.304 e. The Morgan fingerprint density at radius 1 is 0.947 bits per heavy atom. The highest BCUT2D eigenvalue weighted by atomic mass is 32.2. The van der Waals surface area contributed by atoms with E-state index in [1.165, 1.54) is 4.31 Å². The summed E-state index contributed by atoms with van der Waals surface area (Å²) < 4.78 is 28.6. The molecule has 0 saturated carbocycles. The molecule has 0 radical (unpaired) electrons. The largest absolute Gasteiger partial charge is 0.304 e. The van der Waals surface area contributed by atoms with Crippen LogP contribution in [0.3, 0.4) is 0 Å². The van der Waals surface area contributed by atoms with Crippen LogP contribution in [0.4, 0.5) is 5.69 Å². The zero-order chi connectivity index (χ0) is 26.7. The van der Waals surface area contributed by atoms with Crippen molar-refractivity contribution >= 4 is 21.6 Å². The van der Waals surface area contributed by atoms with Gasteiger partial charge in [-0.25, -0.2) is 8.42 Å². The molecule has 0 spiro atoms. The Labute approximate surface area is 224 Å². The van der Waals surface area contributed by atoms with E-state index in [1.807, 2.05) is 67.6 Å². The van der Waals surface area contributed by atoms with Crippen LogP contribution in [0.1, 0.15) is 52.0 Å². The van der Waals surface area contributed by atoms with Gasteiger partial charge in [-0.05, 0) is 84.0 Å². The summed E-state index contributed by atoms with van der Waals surface area (Å²) in [6, 6.07) is 25.7. The lowest BCUT2D eigenvalue weighted by molar-refractivity contribution is 0.0985. The maximum Gasteiger partial charge on any atom is 0.258 e. The summed E-state index contributed by atoms with van der Waals surface area (Å²) >= 11 is 0. The number of aryl methyl sites for hydroxylation is 2. The van der Waals surface area contributed by atoms with E-state index in [0.29, 0.717) is 23.4 Å². The number of fused-ring (bicyclic) bond motifs is 1. The number of amides is 1. The highest BCUT2D eigenvalue weighted by Gasteiger charge is 2.34. The van der Waals surface area contributed by atoms with Gasteiger partial charge < -0.3 is 4.90 Å². The molecule has 4 aromatic rings. The van der Waals surface area contributed by atoms with Gasteiger partial charge in [-0.2, -0.15) is 4.31 Å². The van der Waals surface area contributed by atoms with Crippen LogP contribution in [0.5, 0.6) is 0 Å². The Morgan fingerprint density at radius 2 is 1.71 bits per heavy atom. The fourth-order valence-corrected chi connectivity index (χ4v) is 6.40. The average Bonchev–Trinajstić information content (AvgIpc) is 3.39. The van der Waals surface area contributed by atoms with Crippen LogP contribution < -0.4 is 4.90 Å². The number of aromatic nitrogens is 1. The van der Waals surface area contributed by atoms with E-state index in [1.54, 1.807) is 48.6 Å². The van der Waals surface area contributed by atoms with Crippen molar-refractivity contribution in [1.29, 1.82) is 0 Å². The number of benzene rings is 3. The Morgan fingerprint density at radius 3 is 2.39 bits per heavy atom. The first-order chi connectivity index (χ1) is 18.4. The first-order valence-corrected chi connectivity index (χ1v) is 14.3. The minimum atomic E-state index is -3.69. The van der Waals surface area contributed by atoms with Gasteiger partial charge in [0.25, 0.3) is 5.91 Å². The molecular weight excluding hydrogens is 494 g/mol. The van der Waals surface area contributed by atoms with Crippen molar-refractivity contribution in [2.24, 2.45) is 0 Å². The highest BCUT2D eigenvalue weighted by Crippen LogP contribution is 2.40. The van der Waals surface area contributed by atoms with Crippen LogP contribution in [0.15, 0.2) is 102 Å². The zero-order valence-corrected chi connectivity index (χ0v) is 22.4. The van der Waals surface area contributed by atoms with Gasteiger partial charge in [0.05, 0.1) is 17.5 Å². The van der Waals surface area contributed by atoms with Gasteiger partial charge in [0.1, 0.15) is 0 Å².